The van der Waals surface area contributed by atoms with Crippen molar-refractivity contribution >= 4 is 39.9 Å². The molecule has 0 saturated carbocycles. The predicted octanol–water partition coefficient (Wildman–Crippen LogP) is 4.21. The van der Waals surface area contributed by atoms with Crippen LogP contribution in [0.2, 0.25) is 0 Å². The lowest BCUT2D eigenvalue weighted by atomic mass is 9.94. The number of ketones is 1. The van der Waals surface area contributed by atoms with Gasteiger partial charge in [-0.1, -0.05) is 36.1 Å². The quantitative estimate of drug-likeness (QED) is 0.136. The molecule has 1 unspecified atom stereocenters. The lowest BCUT2D eigenvalue weighted by Crippen LogP contribution is -2.29. The van der Waals surface area contributed by atoms with Crippen molar-refractivity contribution in [2.75, 3.05) is 38.9 Å². The van der Waals surface area contributed by atoms with Crippen molar-refractivity contribution in [1.29, 1.82) is 0 Å². The predicted molar refractivity (Wildman–Crippen MR) is 149 cm³/mol. The molecule has 11 nitrogen and oxygen atoms in total. The van der Waals surface area contributed by atoms with Gasteiger partial charge in [-0.3, -0.25) is 14.5 Å². The molecular formula is C29H26N2O9S. The topological polar surface area (TPSA) is 134 Å². The number of ether oxygens (including phenoxy) is 5. The summed E-state index contributed by atoms with van der Waals surface area (Å²) in [6.45, 7) is 5.83. The first-order valence-electron chi connectivity index (χ1n) is 12.5. The molecule has 1 atom stereocenters. The van der Waals surface area contributed by atoms with Crippen molar-refractivity contribution in [3.63, 3.8) is 0 Å². The SMILES string of the molecule is C=CCOC(=O)c1sc(N2C(=O)C(=O)/C(=C(/O)c3ccc4c(c3)OCCO4)C2c2cccc(OC)c2OC)nc1C. The summed E-state index contributed by atoms with van der Waals surface area (Å²) in [5, 5.41) is 11.6. The number of hydrogen-bond donors (Lipinski definition) is 1. The van der Waals surface area contributed by atoms with E-state index in [0.717, 1.165) is 16.2 Å². The van der Waals surface area contributed by atoms with Gasteiger partial charge in [0.15, 0.2) is 28.1 Å². The smallest absolute Gasteiger partial charge is 0.350 e. The molecule has 3 heterocycles. The van der Waals surface area contributed by atoms with Gasteiger partial charge in [-0.2, -0.15) is 0 Å². The van der Waals surface area contributed by atoms with Gasteiger partial charge in [0.05, 0.1) is 25.5 Å². The molecular weight excluding hydrogens is 552 g/mol. The van der Waals surface area contributed by atoms with Crippen LogP contribution in [0.25, 0.3) is 5.76 Å². The number of fused-ring (bicyclic) bond motifs is 1. The summed E-state index contributed by atoms with van der Waals surface area (Å²) in [4.78, 5) is 45.6. The van der Waals surface area contributed by atoms with Crippen LogP contribution in [0.1, 0.15) is 32.5 Å². The molecule has 5 rings (SSSR count). The second-order valence-electron chi connectivity index (χ2n) is 8.91. The van der Waals surface area contributed by atoms with Gasteiger partial charge in [-0.15, -0.1) is 0 Å². The highest BCUT2D eigenvalue weighted by atomic mass is 32.1. The van der Waals surface area contributed by atoms with E-state index in [0.29, 0.717) is 41.7 Å². The number of nitrogens with zero attached hydrogens (tertiary/aromatic N) is 2. The van der Waals surface area contributed by atoms with Gasteiger partial charge in [-0.25, -0.2) is 9.78 Å². The van der Waals surface area contributed by atoms with Gasteiger partial charge in [-0.05, 0) is 31.2 Å². The van der Waals surface area contributed by atoms with E-state index < -0.39 is 29.5 Å². The summed E-state index contributed by atoms with van der Waals surface area (Å²) in [5.41, 5.74) is 0.697. The van der Waals surface area contributed by atoms with Gasteiger partial charge >= 0.3 is 11.9 Å². The fourth-order valence-electron chi connectivity index (χ4n) is 4.67. The zero-order valence-electron chi connectivity index (χ0n) is 22.5. The zero-order valence-corrected chi connectivity index (χ0v) is 23.3. The fraction of sp³-hybridized carbons (Fsp3) is 0.241. The number of aliphatic hydroxyl groups excluding tert-OH is 1. The Bertz CT molecular complexity index is 1590. The third-order valence-electron chi connectivity index (χ3n) is 6.50. The van der Waals surface area contributed by atoms with Crippen molar-refractivity contribution in [2.24, 2.45) is 0 Å². The van der Waals surface area contributed by atoms with Gasteiger partial charge < -0.3 is 28.8 Å². The average Bonchev–Trinajstić information content (AvgIpc) is 3.50. The normalized spacial score (nSPS) is 17.3. The van der Waals surface area contributed by atoms with Crippen LogP contribution in [0.15, 0.2) is 54.6 Å². The van der Waals surface area contributed by atoms with E-state index in [1.165, 1.54) is 20.3 Å². The van der Waals surface area contributed by atoms with Crippen LogP contribution in [0, 0.1) is 6.92 Å². The van der Waals surface area contributed by atoms with Crippen molar-refractivity contribution in [3.05, 3.63) is 76.3 Å². The third kappa shape index (κ3) is 4.86. The highest BCUT2D eigenvalue weighted by Crippen LogP contribution is 2.48. The van der Waals surface area contributed by atoms with Crippen LogP contribution >= 0.6 is 11.3 Å². The Hall–Kier alpha value is -4.84. The third-order valence-corrected chi connectivity index (χ3v) is 7.63. The molecule has 41 heavy (non-hydrogen) atoms. The number of methoxy groups -OCH3 is 2. The summed E-state index contributed by atoms with van der Waals surface area (Å²) in [6.07, 6.45) is 1.43. The van der Waals surface area contributed by atoms with E-state index in [1.54, 1.807) is 43.3 Å². The maximum absolute atomic E-state index is 13.6. The molecule has 12 heteroatoms. The van der Waals surface area contributed by atoms with E-state index in [9.17, 15) is 19.5 Å². The minimum atomic E-state index is -1.18. The summed E-state index contributed by atoms with van der Waals surface area (Å²) in [5.74, 6) is -1.49. The maximum atomic E-state index is 13.6. The van der Waals surface area contributed by atoms with Crippen LogP contribution in [0.3, 0.4) is 0 Å². The number of benzene rings is 2. The number of Topliss-reactive ketones (excluding diaryl/α,β-unsaturated/α-hetero) is 1. The van der Waals surface area contributed by atoms with Crippen molar-refractivity contribution in [1.82, 2.24) is 4.98 Å². The summed E-state index contributed by atoms with van der Waals surface area (Å²) >= 11 is 0.891. The molecule has 0 aliphatic carbocycles. The van der Waals surface area contributed by atoms with E-state index in [2.05, 4.69) is 11.6 Å². The van der Waals surface area contributed by atoms with Crippen LogP contribution in [0.5, 0.6) is 23.0 Å². The molecule has 3 aromatic rings. The Labute approximate surface area is 239 Å². The number of rotatable bonds is 8. The Balaban J connectivity index is 1.71. The molecule has 2 aliphatic heterocycles. The van der Waals surface area contributed by atoms with Crippen LogP contribution in [-0.4, -0.2) is 61.8 Å². The number of amides is 1. The van der Waals surface area contributed by atoms with E-state index in [1.807, 2.05) is 0 Å². The number of hydrogen-bond acceptors (Lipinski definition) is 11. The van der Waals surface area contributed by atoms with Crippen LogP contribution in [0.4, 0.5) is 5.13 Å². The molecule has 0 bridgehead atoms. The highest BCUT2D eigenvalue weighted by molar-refractivity contribution is 7.17. The number of aryl methyl sites for hydroxylation is 1. The van der Waals surface area contributed by atoms with E-state index >= 15 is 0 Å². The van der Waals surface area contributed by atoms with Crippen molar-refractivity contribution in [3.8, 4) is 23.0 Å². The second kappa shape index (κ2) is 11.3. The molecule has 0 spiro atoms. The van der Waals surface area contributed by atoms with E-state index in [-0.39, 0.29) is 33.5 Å². The number of aromatic nitrogens is 1. The molecule has 2 aromatic carbocycles. The van der Waals surface area contributed by atoms with Crippen LogP contribution in [-0.2, 0) is 14.3 Å². The Kier molecular flexibility index (Phi) is 7.66. The number of esters is 1. The number of thiazole rings is 1. The average molecular weight is 579 g/mol. The van der Waals surface area contributed by atoms with Crippen molar-refractivity contribution < 1.29 is 43.2 Å². The van der Waals surface area contributed by atoms with Gasteiger partial charge in [0.25, 0.3) is 5.78 Å². The first-order chi connectivity index (χ1) is 19.8. The summed E-state index contributed by atoms with van der Waals surface area (Å²) in [7, 11) is 2.88. The van der Waals surface area contributed by atoms with Gasteiger partial charge in [0.2, 0.25) is 0 Å². The fourth-order valence-corrected chi connectivity index (χ4v) is 5.66. The summed E-state index contributed by atoms with van der Waals surface area (Å²) < 4.78 is 27.5. The van der Waals surface area contributed by atoms with Crippen LogP contribution < -0.4 is 23.8 Å². The molecule has 2 aliphatic rings. The highest BCUT2D eigenvalue weighted by Gasteiger charge is 2.49. The first-order valence-corrected chi connectivity index (χ1v) is 13.3. The Morgan fingerprint density at radius 1 is 1.17 bits per heavy atom. The number of aliphatic hydroxyl groups is 1. The minimum Gasteiger partial charge on any atom is -0.507 e. The standard InChI is InChI=1S/C29H26N2O9S/c1-5-11-40-28(35)26-15(2)30-29(41-26)31-22(17-7-6-8-19(36-3)25(17)37-4)21(24(33)27(31)34)23(32)16-9-10-18-20(14-16)39-13-12-38-18/h5-10,14,22,32H,1,11-13H2,2-4H3/b23-21+. The maximum Gasteiger partial charge on any atom is 0.350 e. The van der Waals surface area contributed by atoms with E-state index in [4.69, 9.17) is 23.7 Å². The minimum absolute atomic E-state index is 0.00738. The Morgan fingerprint density at radius 3 is 2.63 bits per heavy atom. The lowest BCUT2D eigenvalue weighted by molar-refractivity contribution is -0.132. The Morgan fingerprint density at radius 2 is 1.93 bits per heavy atom. The number of para-hydroxylation sites is 1. The molecule has 1 fully saturated rings. The largest absolute Gasteiger partial charge is 0.507 e. The van der Waals surface area contributed by atoms with Crippen molar-refractivity contribution in [2.45, 2.75) is 13.0 Å². The second-order valence-corrected chi connectivity index (χ2v) is 9.89. The monoisotopic (exact) mass is 578 g/mol. The zero-order chi connectivity index (χ0) is 29.3. The number of carbonyl (C=O) groups is 3. The first kappa shape index (κ1) is 27.7. The summed E-state index contributed by atoms with van der Waals surface area (Å²) in [6, 6.07) is 8.53. The molecule has 1 aromatic heterocycles. The molecule has 1 N–H and O–H groups in total. The lowest BCUT2D eigenvalue weighted by Gasteiger charge is -2.25. The van der Waals surface area contributed by atoms with Gasteiger partial charge in [0.1, 0.15) is 36.5 Å². The molecule has 1 saturated heterocycles. The number of anilines is 1. The molecule has 1 amide bonds. The number of carbonyl (C=O) groups excluding carboxylic acids is 3. The van der Waals surface area contributed by atoms with Gasteiger partial charge in [0, 0.05) is 11.1 Å². The molecule has 212 valence electrons. The molecule has 0 radical (unpaired) electrons.